The molecule has 1 atom stereocenters. The molecule has 0 aliphatic heterocycles. The van der Waals surface area contributed by atoms with Gasteiger partial charge in [-0.3, -0.25) is 4.79 Å². The molecule has 4 nitrogen and oxygen atoms in total. The Bertz CT molecular complexity index is 882. The molecule has 1 N–H and O–H groups in total. The zero-order valence-corrected chi connectivity index (χ0v) is 15.6. The highest BCUT2D eigenvalue weighted by atomic mass is 35.5. The van der Waals surface area contributed by atoms with E-state index >= 15 is 0 Å². The Morgan fingerprint density at radius 3 is 2.26 bits per heavy atom. The molecular formula is C22H20ClNO3. The summed E-state index contributed by atoms with van der Waals surface area (Å²) in [6, 6.07) is 24.2. The number of carbonyl (C=O) groups is 1. The van der Waals surface area contributed by atoms with E-state index in [1.807, 2.05) is 42.5 Å². The predicted molar refractivity (Wildman–Crippen MR) is 107 cm³/mol. The van der Waals surface area contributed by atoms with E-state index in [-0.39, 0.29) is 5.91 Å². The lowest BCUT2D eigenvalue weighted by molar-refractivity contribution is -0.122. The number of carbonyl (C=O) groups excluding carboxylic acids is 1. The van der Waals surface area contributed by atoms with Gasteiger partial charge in [0.25, 0.3) is 5.91 Å². The molecule has 0 aliphatic carbocycles. The van der Waals surface area contributed by atoms with Crippen molar-refractivity contribution in [2.75, 3.05) is 5.32 Å². The van der Waals surface area contributed by atoms with Crippen molar-refractivity contribution in [1.82, 2.24) is 0 Å². The van der Waals surface area contributed by atoms with E-state index in [1.54, 1.807) is 43.3 Å². The molecule has 0 spiro atoms. The Morgan fingerprint density at radius 1 is 0.926 bits per heavy atom. The molecule has 138 valence electrons. The molecule has 3 aromatic rings. The highest BCUT2D eigenvalue weighted by Gasteiger charge is 2.16. The minimum atomic E-state index is -0.669. The summed E-state index contributed by atoms with van der Waals surface area (Å²) in [5, 5.41) is 3.24. The van der Waals surface area contributed by atoms with Crippen molar-refractivity contribution in [3.63, 3.8) is 0 Å². The Balaban J connectivity index is 1.52. The van der Waals surface area contributed by atoms with Crippen LogP contribution in [-0.2, 0) is 11.4 Å². The molecule has 1 amide bonds. The van der Waals surface area contributed by atoms with Crippen molar-refractivity contribution < 1.29 is 14.3 Å². The van der Waals surface area contributed by atoms with Crippen molar-refractivity contribution in [1.29, 1.82) is 0 Å². The zero-order valence-electron chi connectivity index (χ0n) is 14.9. The topological polar surface area (TPSA) is 47.6 Å². The monoisotopic (exact) mass is 381 g/mol. The SMILES string of the molecule is CC(Oc1ccc(OCc2ccccc2)cc1)C(=O)Nc1ccccc1Cl. The number of rotatable bonds is 7. The van der Waals surface area contributed by atoms with Gasteiger partial charge in [0.15, 0.2) is 6.10 Å². The van der Waals surface area contributed by atoms with Crippen LogP contribution in [0.25, 0.3) is 0 Å². The molecular weight excluding hydrogens is 362 g/mol. The summed E-state index contributed by atoms with van der Waals surface area (Å²) in [5.41, 5.74) is 1.66. The van der Waals surface area contributed by atoms with Crippen LogP contribution in [-0.4, -0.2) is 12.0 Å². The molecule has 0 radical (unpaired) electrons. The zero-order chi connectivity index (χ0) is 19.1. The van der Waals surface area contributed by atoms with Gasteiger partial charge in [0.1, 0.15) is 18.1 Å². The molecule has 3 aromatic carbocycles. The normalized spacial score (nSPS) is 11.5. The van der Waals surface area contributed by atoms with Gasteiger partial charge in [0.05, 0.1) is 10.7 Å². The minimum absolute atomic E-state index is 0.271. The predicted octanol–water partition coefficient (Wildman–Crippen LogP) is 5.33. The summed E-state index contributed by atoms with van der Waals surface area (Å²) in [7, 11) is 0. The molecule has 5 heteroatoms. The van der Waals surface area contributed by atoms with Crippen molar-refractivity contribution in [2.24, 2.45) is 0 Å². The van der Waals surface area contributed by atoms with Crippen LogP contribution in [0.1, 0.15) is 12.5 Å². The summed E-state index contributed by atoms with van der Waals surface area (Å²) in [4.78, 5) is 12.3. The summed E-state index contributed by atoms with van der Waals surface area (Å²) in [6.07, 6.45) is -0.669. The average molecular weight is 382 g/mol. The van der Waals surface area contributed by atoms with E-state index in [2.05, 4.69) is 5.32 Å². The van der Waals surface area contributed by atoms with Gasteiger partial charge < -0.3 is 14.8 Å². The number of hydrogen-bond donors (Lipinski definition) is 1. The third-order valence-electron chi connectivity index (χ3n) is 3.89. The molecule has 1 unspecified atom stereocenters. The fraction of sp³-hybridized carbons (Fsp3) is 0.136. The van der Waals surface area contributed by atoms with Gasteiger partial charge in [-0.2, -0.15) is 0 Å². The summed E-state index contributed by atoms with van der Waals surface area (Å²) in [6.45, 7) is 2.18. The maximum atomic E-state index is 12.3. The molecule has 3 rings (SSSR count). The lowest BCUT2D eigenvalue weighted by Gasteiger charge is -2.15. The second-order valence-corrected chi connectivity index (χ2v) is 6.38. The van der Waals surface area contributed by atoms with Gasteiger partial charge >= 0.3 is 0 Å². The van der Waals surface area contributed by atoms with Crippen molar-refractivity contribution in [3.05, 3.63) is 89.4 Å². The van der Waals surface area contributed by atoms with Gasteiger partial charge in [-0.25, -0.2) is 0 Å². The van der Waals surface area contributed by atoms with Crippen LogP contribution in [0.15, 0.2) is 78.9 Å². The molecule has 0 aromatic heterocycles. The van der Waals surface area contributed by atoms with Crippen LogP contribution in [0.3, 0.4) is 0 Å². The maximum Gasteiger partial charge on any atom is 0.265 e. The van der Waals surface area contributed by atoms with Crippen molar-refractivity contribution in [2.45, 2.75) is 19.6 Å². The van der Waals surface area contributed by atoms with Gasteiger partial charge in [-0.05, 0) is 48.9 Å². The van der Waals surface area contributed by atoms with Gasteiger partial charge in [0, 0.05) is 0 Å². The summed E-state index contributed by atoms with van der Waals surface area (Å²) in [5.74, 6) is 1.05. The van der Waals surface area contributed by atoms with Gasteiger partial charge in [0.2, 0.25) is 0 Å². The highest BCUT2D eigenvalue weighted by molar-refractivity contribution is 6.33. The van der Waals surface area contributed by atoms with Crippen LogP contribution >= 0.6 is 11.6 Å². The van der Waals surface area contributed by atoms with Crippen LogP contribution in [0.5, 0.6) is 11.5 Å². The average Bonchev–Trinajstić information content (AvgIpc) is 2.70. The highest BCUT2D eigenvalue weighted by Crippen LogP contribution is 2.22. The quantitative estimate of drug-likeness (QED) is 0.602. The first-order valence-corrected chi connectivity index (χ1v) is 8.98. The third-order valence-corrected chi connectivity index (χ3v) is 4.22. The van der Waals surface area contributed by atoms with Crippen LogP contribution in [0.4, 0.5) is 5.69 Å². The number of amides is 1. The first kappa shape index (κ1) is 18.8. The number of benzene rings is 3. The molecule has 0 saturated carbocycles. The van der Waals surface area contributed by atoms with Crippen LogP contribution in [0.2, 0.25) is 5.02 Å². The Hall–Kier alpha value is -2.98. The first-order valence-electron chi connectivity index (χ1n) is 8.60. The molecule has 27 heavy (non-hydrogen) atoms. The second-order valence-electron chi connectivity index (χ2n) is 5.97. The summed E-state index contributed by atoms with van der Waals surface area (Å²) < 4.78 is 11.4. The van der Waals surface area contributed by atoms with Crippen molar-refractivity contribution >= 4 is 23.2 Å². The van der Waals surface area contributed by atoms with E-state index in [0.29, 0.717) is 23.1 Å². The standard InChI is InChI=1S/C22H20ClNO3/c1-16(22(25)24-21-10-6-5-9-20(21)23)27-19-13-11-18(12-14-19)26-15-17-7-3-2-4-8-17/h2-14,16H,15H2,1H3,(H,24,25). The third kappa shape index (κ3) is 5.50. The van der Waals surface area contributed by atoms with Gasteiger partial charge in [-0.1, -0.05) is 54.1 Å². The largest absolute Gasteiger partial charge is 0.489 e. The van der Waals surface area contributed by atoms with E-state index in [9.17, 15) is 4.79 Å². The number of halogens is 1. The second kappa shape index (κ2) is 9.10. The van der Waals surface area contributed by atoms with E-state index in [4.69, 9.17) is 21.1 Å². The van der Waals surface area contributed by atoms with Gasteiger partial charge in [-0.15, -0.1) is 0 Å². The fourth-order valence-corrected chi connectivity index (χ4v) is 2.59. The minimum Gasteiger partial charge on any atom is -0.489 e. The lowest BCUT2D eigenvalue weighted by atomic mass is 10.2. The fourth-order valence-electron chi connectivity index (χ4n) is 2.41. The van der Waals surface area contributed by atoms with Crippen molar-refractivity contribution in [3.8, 4) is 11.5 Å². The van der Waals surface area contributed by atoms with E-state index < -0.39 is 6.10 Å². The Labute approximate surface area is 163 Å². The molecule has 0 fully saturated rings. The number of para-hydroxylation sites is 1. The lowest BCUT2D eigenvalue weighted by Crippen LogP contribution is -2.30. The maximum absolute atomic E-state index is 12.3. The smallest absolute Gasteiger partial charge is 0.265 e. The van der Waals surface area contributed by atoms with Crippen LogP contribution in [0, 0.1) is 0 Å². The Kier molecular flexibility index (Phi) is 6.34. The molecule has 0 saturated heterocycles. The van der Waals surface area contributed by atoms with E-state index in [0.717, 1.165) is 11.3 Å². The summed E-state index contributed by atoms with van der Waals surface area (Å²) >= 11 is 6.06. The number of anilines is 1. The number of nitrogens with one attached hydrogen (secondary N) is 1. The Morgan fingerprint density at radius 2 is 1.56 bits per heavy atom. The number of hydrogen-bond acceptors (Lipinski definition) is 3. The molecule has 0 bridgehead atoms. The first-order chi connectivity index (χ1) is 13.1. The van der Waals surface area contributed by atoms with Crippen LogP contribution < -0.4 is 14.8 Å². The van der Waals surface area contributed by atoms with E-state index in [1.165, 1.54) is 0 Å². The molecule has 0 aliphatic rings. The molecule has 0 heterocycles. The number of ether oxygens (including phenoxy) is 2.